The van der Waals surface area contributed by atoms with Crippen LogP contribution < -0.4 is 15.4 Å². The maximum absolute atomic E-state index is 11.9. The lowest BCUT2D eigenvalue weighted by atomic mass is 10.6. The summed E-state index contributed by atoms with van der Waals surface area (Å²) >= 11 is 0.795. The van der Waals surface area contributed by atoms with E-state index in [1.807, 2.05) is 0 Å². The van der Waals surface area contributed by atoms with E-state index < -0.39 is 10.0 Å². The van der Waals surface area contributed by atoms with Crippen molar-refractivity contribution in [2.45, 2.75) is 11.3 Å². The first-order chi connectivity index (χ1) is 9.45. The van der Waals surface area contributed by atoms with Crippen molar-refractivity contribution in [3.8, 4) is 0 Å². The highest BCUT2D eigenvalue weighted by Gasteiger charge is 2.19. The molecule has 1 aromatic rings. The third kappa shape index (κ3) is 5.88. The summed E-state index contributed by atoms with van der Waals surface area (Å²) < 4.78 is 30.7. The van der Waals surface area contributed by atoms with Crippen LogP contribution in [0.25, 0.3) is 0 Å². The van der Waals surface area contributed by atoms with E-state index >= 15 is 0 Å². The van der Waals surface area contributed by atoms with Gasteiger partial charge in [-0.3, -0.25) is 4.79 Å². The SMILES string of the molecule is COCCNCCNS(=O)(=O)c1nnc(NC(C)=O)s1. The number of methoxy groups -OCH3 is 1. The minimum Gasteiger partial charge on any atom is -0.383 e. The molecule has 0 aliphatic carbocycles. The predicted octanol–water partition coefficient (Wildman–Crippen LogP) is -0.989. The average molecular weight is 323 g/mol. The fourth-order valence-electron chi connectivity index (χ4n) is 1.15. The molecule has 0 aliphatic heterocycles. The number of nitrogens with zero attached hydrogens (tertiary/aromatic N) is 2. The van der Waals surface area contributed by atoms with Crippen molar-refractivity contribution < 1.29 is 17.9 Å². The number of amides is 1. The Kier molecular flexibility index (Phi) is 6.95. The minimum atomic E-state index is -3.70. The van der Waals surface area contributed by atoms with Gasteiger partial charge in [-0.05, 0) is 0 Å². The molecule has 114 valence electrons. The van der Waals surface area contributed by atoms with Gasteiger partial charge in [0, 0.05) is 33.7 Å². The zero-order valence-corrected chi connectivity index (χ0v) is 12.8. The first-order valence-electron chi connectivity index (χ1n) is 5.76. The Morgan fingerprint density at radius 2 is 2.05 bits per heavy atom. The molecule has 1 rings (SSSR count). The van der Waals surface area contributed by atoms with Gasteiger partial charge in [0.2, 0.25) is 15.4 Å². The zero-order chi connectivity index (χ0) is 15.0. The summed E-state index contributed by atoms with van der Waals surface area (Å²) in [7, 11) is -2.11. The number of ether oxygens (including phenoxy) is 1. The smallest absolute Gasteiger partial charge is 0.269 e. The predicted molar refractivity (Wildman–Crippen MR) is 74.1 cm³/mol. The van der Waals surface area contributed by atoms with Gasteiger partial charge in [0.05, 0.1) is 6.61 Å². The highest BCUT2D eigenvalue weighted by molar-refractivity contribution is 7.91. The number of carbonyl (C=O) groups excluding carboxylic acids is 1. The number of rotatable bonds is 9. The van der Waals surface area contributed by atoms with Crippen molar-refractivity contribution in [3.63, 3.8) is 0 Å². The second kappa shape index (κ2) is 8.21. The molecule has 1 aromatic heterocycles. The monoisotopic (exact) mass is 323 g/mol. The number of sulfonamides is 1. The molecular weight excluding hydrogens is 306 g/mol. The molecule has 0 unspecified atom stereocenters. The molecule has 0 saturated heterocycles. The van der Waals surface area contributed by atoms with E-state index in [9.17, 15) is 13.2 Å². The number of aromatic nitrogens is 2. The van der Waals surface area contributed by atoms with E-state index in [-0.39, 0.29) is 21.9 Å². The maximum Gasteiger partial charge on any atom is 0.269 e. The Balaban J connectivity index is 2.43. The molecule has 1 amide bonds. The average Bonchev–Trinajstić information content (AvgIpc) is 2.82. The standard InChI is InChI=1S/C9H17N5O4S2/c1-7(15)12-8-13-14-9(19-8)20(16,17)11-4-3-10-5-6-18-2/h10-11H,3-6H2,1-2H3,(H,12,13,15). The molecule has 0 aliphatic rings. The van der Waals surface area contributed by atoms with Gasteiger partial charge >= 0.3 is 0 Å². The quantitative estimate of drug-likeness (QED) is 0.394. The van der Waals surface area contributed by atoms with Crippen LogP contribution in [0.2, 0.25) is 0 Å². The van der Waals surface area contributed by atoms with Crippen LogP contribution in [0.4, 0.5) is 5.13 Å². The van der Waals surface area contributed by atoms with Gasteiger partial charge in [0.1, 0.15) is 0 Å². The number of hydrogen-bond donors (Lipinski definition) is 3. The Bertz CT molecular complexity index is 530. The Hall–Kier alpha value is -1.14. The first-order valence-corrected chi connectivity index (χ1v) is 8.06. The highest BCUT2D eigenvalue weighted by atomic mass is 32.2. The van der Waals surface area contributed by atoms with Crippen molar-refractivity contribution in [2.24, 2.45) is 0 Å². The summed E-state index contributed by atoms with van der Waals surface area (Å²) in [5.74, 6) is -0.333. The molecule has 0 bridgehead atoms. The van der Waals surface area contributed by atoms with Crippen LogP contribution in [0.5, 0.6) is 0 Å². The number of carbonyl (C=O) groups is 1. The van der Waals surface area contributed by atoms with E-state index in [1.165, 1.54) is 6.92 Å². The van der Waals surface area contributed by atoms with Crippen LogP contribution in [-0.2, 0) is 19.6 Å². The third-order valence-electron chi connectivity index (χ3n) is 2.00. The van der Waals surface area contributed by atoms with Gasteiger partial charge in [0.25, 0.3) is 10.0 Å². The van der Waals surface area contributed by atoms with Crippen LogP contribution in [0.1, 0.15) is 6.92 Å². The summed E-state index contributed by atoms with van der Waals surface area (Å²) in [6.07, 6.45) is 0. The van der Waals surface area contributed by atoms with Gasteiger partial charge in [-0.2, -0.15) is 0 Å². The normalized spacial score (nSPS) is 11.5. The zero-order valence-electron chi connectivity index (χ0n) is 11.2. The summed E-state index contributed by atoms with van der Waals surface area (Å²) in [5.41, 5.74) is 0. The number of nitrogens with one attached hydrogen (secondary N) is 3. The Morgan fingerprint density at radius 1 is 1.30 bits per heavy atom. The molecular formula is C9H17N5O4S2. The van der Waals surface area contributed by atoms with Crippen molar-refractivity contribution in [1.29, 1.82) is 0 Å². The summed E-state index contributed by atoms with van der Waals surface area (Å²) in [6, 6.07) is 0. The topological polar surface area (TPSA) is 122 Å². The Labute approximate surface area is 121 Å². The largest absolute Gasteiger partial charge is 0.383 e. The summed E-state index contributed by atoms with van der Waals surface area (Å²) in [6.45, 7) is 3.20. The minimum absolute atomic E-state index is 0.149. The molecule has 3 N–H and O–H groups in total. The lowest BCUT2D eigenvalue weighted by Crippen LogP contribution is -2.33. The van der Waals surface area contributed by atoms with Crippen molar-refractivity contribution >= 4 is 32.4 Å². The Morgan fingerprint density at radius 3 is 2.70 bits per heavy atom. The van der Waals surface area contributed by atoms with Crippen molar-refractivity contribution in [1.82, 2.24) is 20.2 Å². The van der Waals surface area contributed by atoms with E-state index in [1.54, 1.807) is 7.11 Å². The third-order valence-corrected chi connectivity index (χ3v) is 4.66. The number of hydrogen-bond acceptors (Lipinski definition) is 8. The van der Waals surface area contributed by atoms with Crippen molar-refractivity contribution in [2.75, 3.05) is 38.7 Å². The van der Waals surface area contributed by atoms with Crippen molar-refractivity contribution in [3.05, 3.63) is 0 Å². The molecule has 1 heterocycles. The molecule has 0 saturated carbocycles. The van der Waals surface area contributed by atoms with E-state index in [4.69, 9.17) is 4.74 Å². The van der Waals surface area contributed by atoms with Gasteiger partial charge in [-0.1, -0.05) is 11.3 Å². The van der Waals surface area contributed by atoms with E-state index in [2.05, 4.69) is 25.6 Å². The second-order valence-corrected chi connectivity index (χ2v) is 6.61. The second-order valence-electron chi connectivity index (χ2n) is 3.69. The van der Waals surface area contributed by atoms with Gasteiger partial charge < -0.3 is 15.4 Å². The van der Waals surface area contributed by atoms with Crippen LogP contribution in [0.3, 0.4) is 0 Å². The summed E-state index contributed by atoms with van der Waals surface area (Å²) in [5, 5.41) is 12.6. The van der Waals surface area contributed by atoms with Crippen LogP contribution >= 0.6 is 11.3 Å². The molecule has 0 radical (unpaired) electrons. The molecule has 0 fully saturated rings. The van der Waals surface area contributed by atoms with Crippen LogP contribution in [0.15, 0.2) is 4.34 Å². The molecule has 9 nitrogen and oxygen atoms in total. The molecule has 0 aromatic carbocycles. The summed E-state index contributed by atoms with van der Waals surface area (Å²) in [4.78, 5) is 10.8. The van der Waals surface area contributed by atoms with Gasteiger partial charge in [-0.15, -0.1) is 10.2 Å². The van der Waals surface area contributed by atoms with E-state index in [0.29, 0.717) is 19.7 Å². The highest BCUT2D eigenvalue weighted by Crippen LogP contribution is 2.19. The molecule has 11 heteroatoms. The fraction of sp³-hybridized carbons (Fsp3) is 0.667. The number of anilines is 1. The van der Waals surface area contributed by atoms with Crippen LogP contribution in [0, 0.1) is 0 Å². The van der Waals surface area contributed by atoms with Gasteiger partial charge in [-0.25, -0.2) is 13.1 Å². The maximum atomic E-state index is 11.9. The molecule has 20 heavy (non-hydrogen) atoms. The molecule has 0 spiro atoms. The lowest BCUT2D eigenvalue weighted by Gasteiger charge is -2.05. The van der Waals surface area contributed by atoms with E-state index in [0.717, 1.165) is 11.3 Å². The first kappa shape index (κ1) is 16.9. The lowest BCUT2D eigenvalue weighted by molar-refractivity contribution is -0.114. The van der Waals surface area contributed by atoms with Crippen LogP contribution in [-0.4, -0.2) is 57.9 Å². The molecule has 0 atom stereocenters. The van der Waals surface area contributed by atoms with Gasteiger partial charge in [0.15, 0.2) is 0 Å². The fourth-order valence-corrected chi connectivity index (χ4v) is 3.17.